The molecule has 0 heterocycles. The fraction of sp³-hybridized carbons (Fsp3) is 0.917. The molecule has 0 aliphatic rings. The van der Waals surface area contributed by atoms with Crippen molar-refractivity contribution in [1.29, 1.82) is 0 Å². The van der Waals surface area contributed by atoms with Gasteiger partial charge in [0, 0.05) is 26.2 Å². The summed E-state index contributed by atoms with van der Waals surface area (Å²) >= 11 is 0. The molecule has 15 heavy (non-hydrogen) atoms. The predicted molar refractivity (Wildman–Crippen MR) is 65.1 cm³/mol. The van der Waals surface area contributed by atoms with Crippen molar-refractivity contribution >= 4 is 6.03 Å². The van der Waals surface area contributed by atoms with Gasteiger partial charge in [-0.15, -0.1) is 0 Å². The van der Waals surface area contributed by atoms with Crippen LogP contribution >= 0.6 is 0 Å². The Morgan fingerprint density at radius 1 is 1.27 bits per heavy atom. The molecule has 0 fully saturated rings. The number of unbranched alkanes of at least 4 members (excludes halogenated alkanes) is 1. The fourth-order valence-corrected chi connectivity index (χ4v) is 1.41. The SMILES string of the molecule is CCCCN(C(=O)N(C)CC)C(C)CC. The van der Waals surface area contributed by atoms with Crippen LogP contribution in [0.5, 0.6) is 0 Å². The third-order valence-electron chi connectivity index (χ3n) is 2.92. The van der Waals surface area contributed by atoms with Crippen LogP contribution < -0.4 is 0 Å². The molecule has 1 atom stereocenters. The minimum absolute atomic E-state index is 0.167. The van der Waals surface area contributed by atoms with Crippen LogP contribution in [0.3, 0.4) is 0 Å². The number of urea groups is 1. The Kier molecular flexibility index (Phi) is 7.18. The number of carbonyl (C=O) groups is 1. The van der Waals surface area contributed by atoms with E-state index in [9.17, 15) is 4.79 Å². The lowest BCUT2D eigenvalue weighted by Crippen LogP contribution is -2.46. The van der Waals surface area contributed by atoms with E-state index in [-0.39, 0.29) is 6.03 Å². The van der Waals surface area contributed by atoms with Gasteiger partial charge in [0.2, 0.25) is 0 Å². The summed E-state index contributed by atoms with van der Waals surface area (Å²) in [5.41, 5.74) is 0. The molecular formula is C12H26N2O. The van der Waals surface area contributed by atoms with Crippen molar-refractivity contribution in [2.45, 2.75) is 53.0 Å². The average molecular weight is 214 g/mol. The normalized spacial score (nSPS) is 12.3. The zero-order chi connectivity index (χ0) is 11.8. The Morgan fingerprint density at radius 2 is 1.87 bits per heavy atom. The zero-order valence-electron chi connectivity index (χ0n) is 10.9. The third kappa shape index (κ3) is 4.54. The zero-order valence-corrected chi connectivity index (χ0v) is 10.9. The predicted octanol–water partition coefficient (Wildman–Crippen LogP) is 2.96. The maximum absolute atomic E-state index is 12.0. The number of nitrogens with zero attached hydrogens (tertiary/aromatic N) is 2. The Morgan fingerprint density at radius 3 is 2.27 bits per heavy atom. The highest BCUT2D eigenvalue weighted by Crippen LogP contribution is 2.08. The molecule has 0 radical (unpaired) electrons. The van der Waals surface area contributed by atoms with E-state index in [0.29, 0.717) is 6.04 Å². The molecule has 0 aromatic rings. The number of carbonyl (C=O) groups excluding carboxylic acids is 1. The van der Waals surface area contributed by atoms with Gasteiger partial charge >= 0.3 is 6.03 Å². The van der Waals surface area contributed by atoms with Crippen molar-refractivity contribution in [3.8, 4) is 0 Å². The standard InChI is InChI=1S/C12H26N2O/c1-6-9-10-14(11(4)7-2)12(15)13(5)8-3/h11H,6-10H2,1-5H3. The van der Waals surface area contributed by atoms with Crippen molar-refractivity contribution in [3.05, 3.63) is 0 Å². The fourth-order valence-electron chi connectivity index (χ4n) is 1.41. The molecule has 90 valence electrons. The molecule has 3 heteroatoms. The first kappa shape index (κ1) is 14.3. The second kappa shape index (κ2) is 7.55. The lowest BCUT2D eigenvalue weighted by molar-refractivity contribution is 0.145. The van der Waals surface area contributed by atoms with Crippen LogP contribution in [-0.2, 0) is 0 Å². The Hall–Kier alpha value is -0.730. The van der Waals surface area contributed by atoms with Crippen molar-refractivity contribution in [3.63, 3.8) is 0 Å². The van der Waals surface area contributed by atoms with Crippen LogP contribution in [0.1, 0.15) is 47.0 Å². The molecule has 0 aromatic carbocycles. The monoisotopic (exact) mass is 214 g/mol. The van der Waals surface area contributed by atoms with Gasteiger partial charge in [-0.1, -0.05) is 20.3 Å². The van der Waals surface area contributed by atoms with Crippen molar-refractivity contribution in [1.82, 2.24) is 9.80 Å². The number of amides is 2. The Bertz CT molecular complexity index is 182. The van der Waals surface area contributed by atoms with Crippen LogP contribution in [0.15, 0.2) is 0 Å². The molecule has 0 rings (SSSR count). The van der Waals surface area contributed by atoms with E-state index >= 15 is 0 Å². The molecule has 0 saturated heterocycles. The van der Waals surface area contributed by atoms with Gasteiger partial charge in [-0.05, 0) is 26.7 Å². The van der Waals surface area contributed by atoms with Gasteiger partial charge in [-0.2, -0.15) is 0 Å². The largest absolute Gasteiger partial charge is 0.328 e. The summed E-state index contributed by atoms with van der Waals surface area (Å²) in [5.74, 6) is 0. The van der Waals surface area contributed by atoms with E-state index in [1.807, 2.05) is 18.9 Å². The highest BCUT2D eigenvalue weighted by molar-refractivity contribution is 5.74. The highest BCUT2D eigenvalue weighted by atomic mass is 16.2. The summed E-state index contributed by atoms with van der Waals surface area (Å²) in [5, 5.41) is 0. The lowest BCUT2D eigenvalue weighted by atomic mass is 10.2. The van der Waals surface area contributed by atoms with Crippen LogP contribution in [0.2, 0.25) is 0 Å². The minimum atomic E-state index is 0.167. The van der Waals surface area contributed by atoms with Crippen LogP contribution in [0.25, 0.3) is 0 Å². The van der Waals surface area contributed by atoms with E-state index in [4.69, 9.17) is 0 Å². The van der Waals surface area contributed by atoms with Gasteiger partial charge in [0.25, 0.3) is 0 Å². The Labute approximate surface area is 94.4 Å². The topological polar surface area (TPSA) is 23.6 Å². The quantitative estimate of drug-likeness (QED) is 0.667. The minimum Gasteiger partial charge on any atom is -0.328 e. The first-order valence-electron chi connectivity index (χ1n) is 6.10. The summed E-state index contributed by atoms with van der Waals surface area (Å²) in [6.45, 7) is 10.1. The van der Waals surface area contributed by atoms with Crippen LogP contribution in [0, 0.1) is 0 Å². The van der Waals surface area contributed by atoms with E-state index in [2.05, 4.69) is 20.8 Å². The van der Waals surface area contributed by atoms with E-state index in [1.165, 1.54) is 0 Å². The molecule has 1 unspecified atom stereocenters. The summed E-state index contributed by atoms with van der Waals surface area (Å²) in [6.07, 6.45) is 3.25. The molecule has 0 N–H and O–H groups in total. The van der Waals surface area contributed by atoms with Crippen LogP contribution in [0.4, 0.5) is 4.79 Å². The summed E-state index contributed by atoms with van der Waals surface area (Å²) in [7, 11) is 1.86. The van der Waals surface area contributed by atoms with Crippen LogP contribution in [-0.4, -0.2) is 42.0 Å². The van der Waals surface area contributed by atoms with Crippen molar-refractivity contribution in [2.75, 3.05) is 20.1 Å². The third-order valence-corrected chi connectivity index (χ3v) is 2.92. The molecule has 0 aliphatic carbocycles. The van der Waals surface area contributed by atoms with E-state index in [1.54, 1.807) is 4.90 Å². The van der Waals surface area contributed by atoms with Gasteiger partial charge in [-0.25, -0.2) is 4.79 Å². The van der Waals surface area contributed by atoms with Gasteiger partial charge in [-0.3, -0.25) is 0 Å². The molecule has 2 amide bonds. The van der Waals surface area contributed by atoms with E-state index < -0.39 is 0 Å². The van der Waals surface area contributed by atoms with Gasteiger partial charge in [0.1, 0.15) is 0 Å². The molecule has 3 nitrogen and oxygen atoms in total. The number of hydrogen-bond acceptors (Lipinski definition) is 1. The first-order chi connectivity index (χ1) is 7.08. The van der Waals surface area contributed by atoms with Crippen molar-refractivity contribution in [2.24, 2.45) is 0 Å². The van der Waals surface area contributed by atoms with Crippen molar-refractivity contribution < 1.29 is 4.79 Å². The maximum Gasteiger partial charge on any atom is 0.319 e. The van der Waals surface area contributed by atoms with E-state index in [0.717, 1.165) is 32.4 Å². The van der Waals surface area contributed by atoms with Gasteiger partial charge < -0.3 is 9.80 Å². The van der Waals surface area contributed by atoms with Gasteiger partial charge in [0.05, 0.1) is 0 Å². The Balaban J connectivity index is 4.39. The lowest BCUT2D eigenvalue weighted by Gasteiger charge is -2.32. The summed E-state index contributed by atoms with van der Waals surface area (Å²) in [4.78, 5) is 15.8. The molecular weight excluding hydrogens is 188 g/mol. The average Bonchev–Trinajstić information content (AvgIpc) is 2.27. The molecule has 0 aliphatic heterocycles. The highest BCUT2D eigenvalue weighted by Gasteiger charge is 2.20. The smallest absolute Gasteiger partial charge is 0.319 e. The molecule has 0 bridgehead atoms. The maximum atomic E-state index is 12.0. The number of rotatable bonds is 6. The molecule has 0 spiro atoms. The second-order valence-corrected chi connectivity index (χ2v) is 4.10. The summed E-state index contributed by atoms with van der Waals surface area (Å²) < 4.78 is 0. The summed E-state index contributed by atoms with van der Waals surface area (Å²) in [6, 6.07) is 0.512. The van der Waals surface area contributed by atoms with Gasteiger partial charge in [0.15, 0.2) is 0 Å². The first-order valence-corrected chi connectivity index (χ1v) is 6.10. The molecule has 0 saturated carbocycles. The number of hydrogen-bond donors (Lipinski definition) is 0. The second-order valence-electron chi connectivity index (χ2n) is 4.10. The molecule has 0 aromatic heterocycles.